The molecule has 1 aromatic rings. The minimum Gasteiger partial charge on any atom is -0.341 e. The van der Waals surface area contributed by atoms with Gasteiger partial charge < -0.3 is 9.47 Å². The Balaban J connectivity index is 1.88. The summed E-state index contributed by atoms with van der Waals surface area (Å²) < 4.78 is 106. The number of rotatable bonds is 1. The zero-order valence-electron chi connectivity index (χ0n) is 13.5. The van der Waals surface area contributed by atoms with Crippen LogP contribution in [0.2, 0.25) is 0 Å². The lowest BCUT2D eigenvalue weighted by Crippen LogP contribution is -2.40. The number of fused-ring (bicyclic) bond motifs is 2. The molecule has 0 radical (unpaired) electrons. The van der Waals surface area contributed by atoms with Crippen molar-refractivity contribution >= 4 is 5.78 Å². The molecule has 0 aromatic carbocycles. The SMILES string of the molecule is O=C1c2c(c(C(F)(F)F)nn2[C@@H]2C[C@@H](F)[C@@H](F)[C@@H](F)C2)C2(OCCO2)C1F. The minimum atomic E-state index is -5.11. The number of carbonyl (C=O) groups is 1. The zero-order chi connectivity index (χ0) is 19.7. The van der Waals surface area contributed by atoms with Crippen LogP contribution in [0.25, 0.3) is 0 Å². The molecular formula is C15H13F7N2O3. The van der Waals surface area contributed by atoms with Crippen LogP contribution in [0.3, 0.4) is 0 Å². The highest BCUT2D eigenvalue weighted by molar-refractivity contribution is 6.04. The molecule has 27 heavy (non-hydrogen) atoms. The fourth-order valence-corrected chi connectivity index (χ4v) is 3.90. The van der Waals surface area contributed by atoms with E-state index in [4.69, 9.17) is 9.47 Å². The Morgan fingerprint density at radius 1 is 1.04 bits per heavy atom. The first-order valence-corrected chi connectivity index (χ1v) is 8.16. The maximum atomic E-state index is 14.6. The van der Waals surface area contributed by atoms with E-state index in [2.05, 4.69) is 5.10 Å². The molecule has 1 aromatic heterocycles. The van der Waals surface area contributed by atoms with Gasteiger partial charge in [-0.2, -0.15) is 18.3 Å². The van der Waals surface area contributed by atoms with Crippen molar-refractivity contribution in [3.8, 4) is 0 Å². The highest BCUT2D eigenvalue weighted by atomic mass is 19.4. The van der Waals surface area contributed by atoms with Gasteiger partial charge in [0, 0.05) is 12.8 Å². The molecule has 2 fully saturated rings. The van der Waals surface area contributed by atoms with E-state index in [9.17, 15) is 35.5 Å². The molecule has 1 saturated carbocycles. The average Bonchev–Trinajstić information content (AvgIpc) is 3.26. The van der Waals surface area contributed by atoms with E-state index in [0.717, 1.165) is 0 Å². The van der Waals surface area contributed by atoms with E-state index in [1.54, 1.807) is 0 Å². The van der Waals surface area contributed by atoms with Gasteiger partial charge in [0.25, 0.3) is 0 Å². The van der Waals surface area contributed by atoms with Crippen molar-refractivity contribution in [1.29, 1.82) is 0 Å². The van der Waals surface area contributed by atoms with Gasteiger partial charge in [-0.05, 0) is 0 Å². The highest BCUT2D eigenvalue weighted by Gasteiger charge is 2.64. The third-order valence-corrected chi connectivity index (χ3v) is 5.07. The lowest BCUT2D eigenvalue weighted by atomic mass is 9.90. The van der Waals surface area contributed by atoms with Gasteiger partial charge in [-0.1, -0.05) is 0 Å². The maximum Gasteiger partial charge on any atom is 0.435 e. The number of hydrogen-bond acceptors (Lipinski definition) is 4. The molecule has 1 saturated heterocycles. The summed E-state index contributed by atoms with van der Waals surface area (Å²) in [7, 11) is 0. The van der Waals surface area contributed by atoms with E-state index in [1.165, 1.54) is 0 Å². The van der Waals surface area contributed by atoms with Crippen LogP contribution in [0.5, 0.6) is 0 Å². The lowest BCUT2D eigenvalue weighted by molar-refractivity contribution is -0.199. The van der Waals surface area contributed by atoms with Crippen molar-refractivity contribution in [3.63, 3.8) is 0 Å². The normalized spacial score (nSPS) is 35.8. The van der Waals surface area contributed by atoms with Gasteiger partial charge in [0.1, 0.15) is 18.0 Å². The minimum absolute atomic E-state index is 0.248. The Morgan fingerprint density at radius 2 is 1.59 bits per heavy atom. The molecule has 2 aliphatic carbocycles. The van der Waals surface area contributed by atoms with Crippen molar-refractivity contribution < 1.29 is 45.0 Å². The molecular weight excluding hydrogens is 389 g/mol. The summed E-state index contributed by atoms with van der Waals surface area (Å²) in [6.07, 6.45) is -16.1. The molecule has 12 heteroatoms. The summed E-state index contributed by atoms with van der Waals surface area (Å²) in [5.74, 6) is -3.97. The summed E-state index contributed by atoms with van der Waals surface area (Å²) in [6, 6.07) is -1.39. The third kappa shape index (κ3) is 2.52. The smallest absolute Gasteiger partial charge is 0.341 e. The lowest BCUT2D eigenvalue weighted by Gasteiger charge is -2.31. The van der Waals surface area contributed by atoms with Gasteiger partial charge in [-0.25, -0.2) is 17.6 Å². The largest absolute Gasteiger partial charge is 0.435 e. The van der Waals surface area contributed by atoms with Crippen molar-refractivity contribution in [2.75, 3.05) is 13.2 Å². The van der Waals surface area contributed by atoms with Crippen molar-refractivity contribution in [2.45, 2.75) is 55.5 Å². The summed E-state index contributed by atoms with van der Waals surface area (Å²) in [5.41, 5.74) is -3.36. The van der Waals surface area contributed by atoms with Crippen LogP contribution in [-0.2, 0) is 21.4 Å². The Hall–Kier alpha value is -1.69. The van der Waals surface area contributed by atoms with Gasteiger partial charge >= 0.3 is 6.18 Å². The predicted molar refractivity (Wildman–Crippen MR) is 73.0 cm³/mol. The third-order valence-electron chi connectivity index (χ3n) is 5.07. The molecule has 1 spiro atoms. The second-order valence-corrected chi connectivity index (χ2v) is 6.71. The predicted octanol–water partition coefficient (Wildman–Crippen LogP) is 2.99. The summed E-state index contributed by atoms with van der Waals surface area (Å²) in [4.78, 5) is 12.4. The van der Waals surface area contributed by atoms with Crippen molar-refractivity contribution in [3.05, 3.63) is 17.0 Å². The Kier molecular flexibility index (Phi) is 4.08. The van der Waals surface area contributed by atoms with Crippen molar-refractivity contribution in [1.82, 2.24) is 9.78 Å². The summed E-state index contributed by atoms with van der Waals surface area (Å²) >= 11 is 0. The number of alkyl halides is 7. The fraction of sp³-hybridized carbons (Fsp3) is 0.733. The number of aromatic nitrogens is 2. The zero-order valence-corrected chi connectivity index (χ0v) is 13.5. The number of carbonyl (C=O) groups excluding carboxylic acids is 1. The number of ketones is 1. The second kappa shape index (κ2) is 5.90. The maximum absolute atomic E-state index is 14.6. The molecule has 1 unspecified atom stereocenters. The molecule has 2 heterocycles. The standard InChI is InChI=1S/C15H13F7N2O3/c16-6-3-5(4-7(17)9(6)18)24-10-8(13(23-24)15(20,21)22)14(12(19)11(10)25)26-1-2-27-14/h5-7,9,12H,1-4H2/t5-,6-,7+,9-,12?. The number of halogens is 7. The summed E-state index contributed by atoms with van der Waals surface area (Å²) in [5, 5.41) is 3.31. The van der Waals surface area contributed by atoms with Crippen LogP contribution < -0.4 is 0 Å². The van der Waals surface area contributed by atoms with Crippen LogP contribution in [0.15, 0.2) is 0 Å². The van der Waals surface area contributed by atoms with Gasteiger partial charge in [0.15, 0.2) is 11.9 Å². The van der Waals surface area contributed by atoms with Crippen LogP contribution >= 0.6 is 0 Å². The van der Waals surface area contributed by atoms with Gasteiger partial charge in [0.05, 0.1) is 24.8 Å². The molecule has 0 N–H and O–H groups in total. The molecule has 0 amide bonds. The van der Waals surface area contributed by atoms with E-state index < -0.39 is 78.3 Å². The Morgan fingerprint density at radius 3 is 2.11 bits per heavy atom. The molecule has 5 nitrogen and oxygen atoms in total. The molecule has 150 valence electrons. The fourth-order valence-electron chi connectivity index (χ4n) is 3.90. The first-order valence-electron chi connectivity index (χ1n) is 8.16. The Labute approximate surface area is 147 Å². The first kappa shape index (κ1) is 18.7. The van der Waals surface area contributed by atoms with E-state index in [0.29, 0.717) is 4.68 Å². The number of hydrogen-bond donors (Lipinski definition) is 0. The van der Waals surface area contributed by atoms with Crippen molar-refractivity contribution in [2.24, 2.45) is 0 Å². The molecule has 5 atom stereocenters. The van der Waals surface area contributed by atoms with Crippen LogP contribution in [0.1, 0.15) is 40.6 Å². The van der Waals surface area contributed by atoms with Gasteiger partial charge in [-0.3, -0.25) is 9.48 Å². The van der Waals surface area contributed by atoms with E-state index >= 15 is 0 Å². The van der Waals surface area contributed by atoms with E-state index in [-0.39, 0.29) is 13.2 Å². The molecule has 4 rings (SSSR count). The monoisotopic (exact) mass is 402 g/mol. The number of Topliss-reactive ketones (excluding diaryl/α,β-unsaturated/α-hetero) is 1. The highest BCUT2D eigenvalue weighted by Crippen LogP contribution is 2.51. The first-order chi connectivity index (χ1) is 12.6. The molecule has 3 aliphatic rings. The van der Waals surface area contributed by atoms with Crippen LogP contribution in [0, 0.1) is 0 Å². The van der Waals surface area contributed by atoms with Gasteiger partial charge in [0.2, 0.25) is 17.7 Å². The van der Waals surface area contributed by atoms with Gasteiger partial charge in [-0.15, -0.1) is 0 Å². The average molecular weight is 402 g/mol. The summed E-state index contributed by atoms with van der Waals surface area (Å²) in [6.45, 7) is -0.497. The number of nitrogens with zero attached hydrogens (tertiary/aromatic N) is 2. The topological polar surface area (TPSA) is 53.4 Å². The number of ether oxygens (including phenoxy) is 2. The molecule has 0 bridgehead atoms. The van der Waals surface area contributed by atoms with Crippen LogP contribution in [0.4, 0.5) is 30.7 Å². The Bertz CT molecular complexity index is 762. The van der Waals surface area contributed by atoms with Crippen LogP contribution in [-0.4, -0.2) is 53.5 Å². The molecule has 1 aliphatic heterocycles. The quantitative estimate of drug-likeness (QED) is 0.678. The van der Waals surface area contributed by atoms with E-state index in [1.807, 2.05) is 0 Å². The second-order valence-electron chi connectivity index (χ2n) is 6.71.